The molecule has 0 bridgehead atoms. The van der Waals surface area contributed by atoms with Crippen molar-refractivity contribution >= 4 is 5.91 Å². The largest absolute Gasteiger partial charge is 0.477 e. The third-order valence-corrected chi connectivity index (χ3v) is 2.67. The molecule has 1 atom stereocenters. The van der Waals surface area contributed by atoms with E-state index in [4.69, 9.17) is 14.2 Å². The predicted octanol–water partition coefficient (Wildman–Crippen LogP) is 0.625. The van der Waals surface area contributed by atoms with Gasteiger partial charge in [-0.3, -0.25) is 4.79 Å². The highest BCUT2D eigenvalue weighted by molar-refractivity contribution is 5.96. The van der Waals surface area contributed by atoms with Crippen molar-refractivity contribution in [1.29, 1.82) is 0 Å². The summed E-state index contributed by atoms with van der Waals surface area (Å²) >= 11 is 0. The van der Waals surface area contributed by atoms with Gasteiger partial charge in [0.1, 0.15) is 5.56 Å². The number of nitrogens with one attached hydrogen (secondary N) is 1. The molecule has 104 valence electrons. The Labute approximate surface area is 112 Å². The van der Waals surface area contributed by atoms with Crippen LogP contribution in [-0.4, -0.2) is 50.0 Å². The van der Waals surface area contributed by atoms with Crippen molar-refractivity contribution in [3.63, 3.8) is 0 Å². The molecule has 2 heterocycles. The summed E-state index contributed by atoms with van der Waals surface area (Å²) in [5.74, 6) is 0.133. The number of rotatable bonds is 5. The summed E-state index contributed by atoms with van der Waals surface area (Å²) in [6, 6.07) is 3.39. The molecule has 0 radical (unpaired) electrons. The first-order chi connectivity index (χ1) is 9.31. The Morgan fingerprint density at radius 1 is 1.58 bits per heavy atom. The van der Waals surface area contributed by atoms with Crippen LogP contribution >= 0.6 is 0 Å². The van der Waals surface area contributed by atoms with Crippen LogP contribution in [0.5, 0.6) is 5.88 Å². The van der Waals surface area contributed by atoms with Gasteiger partial charge in [-0.25, -0.2) is 4.98 Å². The third kappa shape index (κ3) is 3.90. The molecule has 1 N–H and O–H groups in total. The molecule has 1 aliphatic heterocycles. The van der Waals surface area contributed by atoms with Gasteiger partial charge in [0.2, 0.25) is 5.88 Å². The van der Waals surface area contributed by atoms with Crippen LogP contribution in [0.15, 0.2) is 18.3 Å². The smallest absolute Gasteiger partial charge is 0.256 e. The fourth-order valence-electron chi connectivity index (χ4n) is 1.77. The molecule has 0 aromatic carbocycles. The molecule has 1 aromatic heterocycles. The Balaban J connectivity index is 1.91. The van der Waals surface area contributed by atoms with Crippen molar-refractivity contribution in [3.8, 4) is 5.88 Å². The first-order valence-corrected chi connectivity index (χ1v) is 6.36. The maximum absolute atomic E-state index is 12.1. The Hall–Kier alpha value is -1.66. The van der Waals surface area contributed by atoms with Crippen LogP contribution < -0.4 is 10.1 Å². The van der Waals surface area contributed by atoms with Gasteiger partial charge < -0.3 is 19.5 Å². The highest BCUT2D eigenvalue weighted by Crippen LogP contribution is 2.14. The van der Waals surface area contributed by atoms with Gasteiger partial charge >= 0.3 is 0 Å². The molecular weight excluding hydrogens is 248 g/mol. The minimum atomic E-state index is -0.217. The van der Waals surface area contributed by atoms with Gasteiger partial charge in [0.05, 0.1) is 32.5 Å². The Kier molecular flexibility index (Phi) is 5.11. The quantitative estimate of drug-likeness (QED) is 0.846. The lowest BCUT2D eigenvalue weighted by Gasteiger charge is -2.23. The fourth-order valence-corrected chi connectivity index (χ4v) is 1.77. The lowest BCUT2D eigenvalue weighted by atomic mass is 10.2. The molecule has 0 aliphatic carbocycles. The van der Waals surface area contributed by atoms with Crippen LogP contribution in [0.2, 0.25) is 0 Å². The monoisotopic (exact) mass is 266 g/mol. The second-order valence-electron chi connectivity index (χ2n) is 4.07. The molecule has 1 aliphatic rings. The van der Waals surface area contributed by atoms with Crippen LogP contribution in [-0.2, 0) is 9.47 Å². The molecule has 2 rings (SSSR count). The van der Waals surface area contributed by atoms with Crippen molar-refractivity contribution < 1.29 is 19.0 Å². The predicted molar refractivity (Wildman–Crippen MR) is 68.3 cm³/mol. The Bertz CT molecular complexity index is 419. The average molecular weight is 266 g/mol. The van der Waals surface area contributed by atoms with Crippen LogP contribution in [0.1, 0.15) is 17.3 Å². The van der Waals surface area contributed by atoms with Crippen molar-refractivity contribution in [2.45, 2.75) is 13.0 Å². The summed E-state index contributed by atoms with van der Waals surface area (Å²) in [5, 5.41) is 2.80. The van der Waals surface area contributed by atoms with E-state index >= 15 is 0 Å². The normalized spacial score (nSPS) is 18.9. The minimum Gasteiger partial charge on any atom is -0.477 e. The number of pyridine rings is 1. The minimum absolute atomic E-state index is 0.0927. The van der Waals surface area contributed by atoms with E-state index in [1.165, 1.54) is 0 Å². The Morgan fingerprint density at radius 2 is 2.47 bits per heavy atom. The highest BCUT2D eigenvalue weighted by atomic mass is 16.6. The van der Waals surface area contributed by atoms with E-state index in [0.29, 0.717) is 44.4 Å². The zero-order valence-corrected chi connectivity index (χ0v) is 10.9. The molecule has 1 saturated heterocycles. The van der Waals surface area contributed by atoms with Crippen molar-refractivity contribution in [2.24, 2.45) is 0 Å². The second kappa shape index (κ2) is 7.06. The van der Waals surface area contributed by atoms with E-state index in [-0.39, 0.29) is 12.0 Å². The van der Waals surface area contributed by atoms with E-state index < -0.39 is 0 Å². The zero-order valence-electron chi connectivity index (χ0n) is 10.9. The summed E-state index contributed by atoms with van der Waals surface area (Å²) in [4.78, 5) is 16.1. The summed E-state index contributed by atoms with van der Waals surface area (Å²) in [5.41, 5.74) is 0.432. The molecule has 6 nitrogen and oxygen atoms in total. The molecule has 0 spiro atoms. The van der Waals surface area contributed by atoms with E-state index in [1.807, 2.05) is 6.92 Å². The standard InChI is InChI=1S/C13H18N2O4/c1-2-18-13-11(4-3-5-14-13)12(16)15-8-10-9-17-6-7-19-10/h3-5,10H,2,6-9H2,1H3,(H,15,16). The van der Waals surface area contributed by atoms with Gasteiger partial charge in [-0.05, 0) is 19.1 Å². The number of nitrogens with zero attached hydrogens (tertiary/aromatic N) is 1. The lowest BCUT2D eigenvalue weighted by molar-refractivity contribution is -0.0855. The number of aromatic nitrogens is 1. The zero-order chi connectivity index (χ0) is 13.5. The number of carbonyl (C=O) groups excluding carboxylic acids is 1. The number of amides is 1. The van der Waals surface area contributed by atoms with Gasteiger partial charge in [0, 0.05) is 12.7 Å². The number of ether oxygens (including phenoxy) is 3. The first kappa shape index (κ1) is 13.8. The van der Waals surface area contributed by atoms with Gasteiger partial charge in [0.25, 0.3) is 5.91 Å². The van der Waals surface area contributed by atoms with Crippen molar-refractivity contribution in [2.75, 3.05) is 33.0 Å². The maximum Gasteiger partial charge on any atom is 0.256 e. The molecule has 0 saturated carbocycles. The summed E-state index contributed by atoms with van der Waals surface area (Å²) in [6.07, 6.45) is 1.50. The SMILES string of the molecule is CCOc1ncccc1C(=O)NCC1COCCO1. The number of carbonyl (C=O) groups is 1. The van der Waals surface area contributed by atoms with Crippen molar-refractivity contribution in [3.05, 3.63) is 23.9 Å². The fraction of sp³-hybridized carbons (Fsp3) is 0.538. The number of hydrogen-bond donors (Lipinski definition) is 1. The molecule has 1 amide bonds. The first-order valence-electron chi connectivity index (χ1n) is 6.36. The molecule has 19 heavy (non-hydrogen) atoms. The van der Waals surface area contributed by atoms with Gasteiger partial charge in [-0.1, -0.05) is 0 Å². The summed E-state index contributed by atoms with van der Waals surface area (Å²) < 4.78 is 16.0. The maximum atomic E-state index is 12.1. The van der Waals surface area contributed by atoms with E-state index in [9.17, 15) is 4.79 Å². The third-order valence-electron chi connectivity index (χ3n) is 2.67. The topological polar surface area (TPSA) is 69.7 Å². The molecule has 1 unspecified atom stereocenters. The van der Waals surface area contributed by atoms with Crippen LogP contribution in [0.3, 0.4) is 0 Å². The van der Waals surface area contributed by atoms with Crippen LogP contribution in [0.4, 0.5) is 0 Å². The molecule has 6 heteroatoms. The van der Waals surface area contributed by atoms with Crippen molar-refractivity contribution in [1.82, 2.24) is 10.3 Å². The van der Waals surface area contributed by atoms with E-state index in [1.54, 1.807) is 18.3 Å². The number of hydrogen-bond acceptors (Lipinski definition) is 5. The van der Waals surface area contributed by atoms with E-state index in [0.717, 1.165) is 0 Å². The second-order valence-corrected chi connectivity index (χ2v) is 4.07. The molecule has 1 fully saturated rings. The van der Waals surface area contributed by atoms with Gasteiger partial charge in [-0.15, -0.1) is 0 Å². The molecular formula is C13H18N2O4. The van der Waals surface area contributed by atoms with E-state index in [2.05, 4.69) is 10.3 Å². The van der Waals surface area contributed by atoms with Gasteiger partial charge in [0.15, 0.2) is 0 Å². The van der Waals surface area contributed by atoms with Gasteiger partial charge in [-0.2, -0.15) is 0 Å². The summed E-state index contributed by atoms with van der Waals surface area (Å²) in [7, 11) is 0. The summed E-state index contributed by atoms with van der Waals surface area (Å²) in [6.45, 7) is 4.42. The Morgan fingerprint density at radius 3 is 3.21 bits per heavy atom. The lowest BCUT2D eigenvalue weighted by Crippen LogP contribution is -2.39. The average Bonchev–Trinajstić information content (AvgIpc) is 2.47. The molecule has 1 aromatic rings. The van der Waals surface area contributed by atoms with Crippen LogP contribution in [0, 0.1) is 0 Å². The highest BCUT2D eigenvalue weighted by Gasteiger charge is 2.18. The van der Waals surface area contributed by atoms with Crippen LogP contribution in [0.25, 0.3) is 0 Å².